The molecule has 1 aliphatic rings. The van der Waals surface area contributed by atoms with Gasteiger partial charge in [0.1, 0.15) is 0 Å². The Balaban J connectivity index is 1.38. The van der Waals surface area contributed by atoms with Crippen LogP contribution in [0, 0.1) is 13.8 Å². The second-order valence-electron chi connectivity index (χ2n) is 8.38. The van der Waals surface area contributed by atoms with Gasteiger partial charge in [-0.15, -0.1) is 5.10 Å². The molecule has 158 valence electrons. The number of benzene rings is 2. The van der Waals surface area contributed by atoms with E-state index in [0.717, 1.165) is 35.4 Å². The fourth-order valence-electron chi connectivity index (χ4n) is 4.20. The van der Waals surface area contributed by atoms with Crippen molar-refractivity contribution >= 4 is 16.7 Å². The van der Waals surface area contributed by atoms with Gasteiger partial charge in [-0.3, -0.25) is 9.48 Å². The minimum Gasteiger partial charge on any atom is -0.330 e. The lowest BCUT2D eigenvalue weighted by Crippen LogP contribution is -2.33. The van der Waals surface area contributed by atoms with E-state index < -0.39 is 0 Å². The van der Waals surface area contributed by atoms with Crippen LogP contribution in [0.1, 0.15) is 45.8 Å². The third-order valence-electron chi connectivity index (χ3n) is 6.21. The van der Waals surface area contributed by atoms with E-state index >= 15 is 0 Å². The molecular weight excluding hydrogens is 388 g/mol. The number of carbonyl (C=O) groups excluding carboxylic acids is 1. The van der Waals surface area contributed by atoms with Gasteiger partial charge in [-0.25, -0.2) is 4.68 Å². The molecule has 1 saturated carbocycles. The van der Waals surface area contributed by atoms with E-state index in [2.05, 4.69) is 39.7 Å². The lowest BCUT2D eigenvalue weighted by molar-refractivity contribution is 0.0723. The highest BCUT2D eigenvalue weighted by molar-refractivity contribution is 5.92. The molecular formula is C24H26N6O. The first-order valence-corrected chi connectivity index (χ1v) is 10.7. The maximum absolute atomic E-state index is 13.3. The number of rotatable bonds is 6. The summed E-state index contributed by atoms with van der Waals surface area (Å²) in [4.78, 5) is 15.3. The third kappa shape index (κ3) is 3.71. The molecule has 1 aliphatic carbocycles. The number of hydrogen-bond donors (Lipinski definition) is 0. The highest BCUT2D eigenvalue weighted by Crippen LogP contribution is 2.30. The van der Waals surface area contributed by atoms with Gasteiger partial charge in [-0.2, -0.15) is 5.10 Å². The molecule has 0 aliphatic heterocycles. The average molecular weight is 415 g/mol. The minimum absolute atomic E-state index is 0.0608. The van der Waals surface area contributed by atoms with Crippen LogP contribution >= 0.6 is 0 Å². The Kier molecular flexibility index (Phi) is 4.81. The Bertz CT molecular complexity index is 1260. The molecule has 0 saturated heterocycles. The van der Waals surface area contributed by atoms with E-state index in [1.807, 2.05) is 48.7 Å². The van der Waals surface area contributed by atoms with Crippen molar-refractivity contribution in [3.63, 3.8) is 0 Å². The van der Waals surface area contributed by atoms with Crippen molar-refractivity contribution < 1.29 is 4.79 Å². The van der Waals surface area contributed by atoms with Gasteiger partial charge in [0, 0.05) is 30.9 Å². The van der Waals surface area contributed by atoms with E-state index in [1.54, 1.807) is 10.9 Å². The smallest absolute Gasteiger partial charge is 0.276 e. The number of carbonyl (C=O) groups is 1. The van der Waals surface area contributed by atoms with E-state index in [1.165, 1.54) is 10.8 Å². The zero-order chi connectivity index (χ0) is 21.5. The normalized spacial score (nSPS) is 13.6. The van der Waals surface area contributed by atoms with E-state index in [4.69, 9.17) is 0 Å². The summed E-state index contributed by atoms with van der Waals surface area (Å²) < 4.78 is 3.63. The number of hydrogen-bond acceptors (Lipinski definition) is 4. The molecule has 0 spiro atoms. The first-order valence-electron chi connectivity index (χ1n) is 10.7. The molecule has 2 aromatic heterocycles. The third-order valence-corrected chi connectivity index (χ3v) is 6.21. The number of amides is 1. The molecule has 0 unspecified atom stereocenters. The van der Waals surface area contributed by atoms with Crippen LogP contribution in [0.25, 0.3) is 10.8 Å². The first-order chi connectivity index (χ1) is 15.0. The van der Waals surface area contributed by atoms with Crippen molar-refractivity contribution in [2.45, 2.75) is 45.8 Å². The maximum atomic E-state index is 13.3. The second-order valence-corrected chi connectivity index (χ2v) is 8.38. The fraction of sp³-hybridized carbons (Fsp3) is 0.333. The zero-order valence-electron chi connectivity index (χ0n) is 18.1. The van der Waals surface area contributed by atoms with Gasteiger partial charge >= 0.3 is 0 Å². The van der Waals surface area contributed by atoms with Crippen molar-refractivity contribution in [2.75, 3.05) is 0 Å². The number of nitrogens with zero attached hydrogens (tertiary/aromatic N) is 6. The van der Waals surface area contributed by atoms with Crippen LogP contribution in [0.15, 0.2) is 48.7 Å². The molecule has 0 radical (unpaired) electrons. The van der Waals surface area contributed by atoms with Crippen LogP contribution in [0.2, 0.25) is 0 Å². The van der Waals surface area contributed by atoms with Crippen LogP contribution in [-0.2, 0) is 20.1 Å². The number of fused-ring (bicyclic) bond motifs is 1. The van der Waals surface area contributed by atoms with Crippen LogP contribution in [-0.4, -0.2) is 41.6 Å². The van der Waals surface area contributed by atoms with Crippen LogP contribution < -0.4 is 0 Å². The largest absolute Gasteiger partial charge is 0.330 e. The summed E-state index contributed by atoms with van der Waals surface area (Å²) in [5.74, 6) is -0.0608. The van der Waals surface area contributed by atoms with Gasteiger partial charge in [0.05, 0.1) is 18.4 Å². The molecule has 7 nitrogen and oxygen atoms in total. The Morgan fingerprint density at radius 3 is 2.65 bits per heavy atom. The van der Waals surface area contributed by atoms with Gasteiger partial charge in [-0.05, 0) is 43.0 Å². The summed E-state index contributed by atoms with van der Waals surface area (Å²) in [6, 6.07) is 14.8. The Morgan fingerprint density at radius 2 is 1.90 bits per heavy atom. The lowest BCUT2D eigenvalue weighted by Gasteiger charge is -2.21. The molecule has 5 rings (SSSR count). The van der Waals surface area contributed by atoms with Gasteiger partial charge < -0.3 is 4.90 Å². The molecule has 0 N–H and O–H groups in total. The molecule has 2 aromatic carbocycles. The monoisotopic (exact) mass is 414 g/mol. The highest BCUT2D eigenvalue weighted by atomic mass is 16.2. The quantitative estimate of drug-likeness (QED) is 0.483. The van der Waals surface area contributed by atoms with Crippen molar-refractivity contribution in [3.05, 3.63) is 76.9 Å². The summed E-state index contributed by atoms with van der Waals surface area (Å²) in [7, 11) is 1.94. The summed E-state index contributed by atoms with van der Waals surface area (Å²) in [6.45, 7) is 5.18. The van der Waals surface area contributed by atoms with Crippen molar-refractivity contribution in [1.29, 1.82) is 0 Å². The number of aryl methyl sites for hydroxylation is 2. The summed E-state index contributed by atoms with van der Waals surface area (Å²) >= 11 is 0. The molecule has 7 heteroatoms. The van der Waals surface area contributed by atoms with E-state index in [-0.39, 0.29) is 11.9 Å². The predicted octanol–water partition coefficient (Wildman–Crippen LogP) is 3.63. The minimum atomic E-state index is -0.0608. The van der Waals surface area contributed by atoms with Crippen LogP contribution in [0.3, 0.4) is 0 Å². The summed E-state index contributed by atoms with van der Waals surface area (Å²) in [5, 5.41) is 15.3. The lowest BCUT2D eigenvalue weighted by atomic mass is 10.0. The SMILES string of the molecule is Cc1nn(C)c(C)c1CN(C(=O)c1cn(Cc2cccc3ccccc23)nn1)C1CC1. The van der Waals surface area contributed by atoms with Crippen LogP contribution in [0.5, 0.6) is 0 Å². The molecule has 31 heavy (non-hydrogen) atoms. The maximum Gasteiger partial charge on any atom is 0.276 e. The number of aromatic nitrogens is 5. The zero-order valence-corrected chi connectivity index (χ0v) is 18.1. The van der Waals surface area contributed by atoms with Crippen LogP contribution in [0.4, 0.5) is 0 Å². The van der Waals surface area contributed by atoms with Crippen molar-refractivity contribution in [2.24, 2.45) is 7.05 Å². The van der Waals surface area contributed by atoms with E-state index in [9.17, 15) is 4.79 Å². The average Bonchev–Trinajstić information content (AvgIpc) is 3.45. The van der Waals surface area contributed by atoms with Gasteiger partial charge in [-0.1, -0.05) is 47.7 Å². The van der Waals surface area contributed by atoms with Crippen molar-refractivity contribution in [1.82, 2.24) is 29.7 Å². The second kappa shape index (κ2) is 7.65. The first kappa shape index (κ1) is 19.5. The van der Waals surface area contributed by atoms with Crippen molar-refractivity contribution in [3.8, 4) is 0 Å². The predicted molar refractivity (Wildman–Crippen MR) is 119 cm³/mol. The topological polar surface area (TPSA) is 68.8 Å². The standard InChI is InChI=1S/C24H26N6O/c1-16-22(17(2)28(3)26-16)14-30(20-11-12-20)24(31)23-15-29(27-25-23)13-19-9-6-8-18-7-4-5-10-21(18)19/h4-10,15,20H,11-14H2,1-3H3. The van der Waals surface area contributed by atoms with Gasteiger partial charge in [0.15, 0.2) is 5.69 Å². The Morgan fingerprint density at radius 1 is 1.13 bits per heavy atom. The van der Waals surface area contributed by atoms with E-state index in [0.29, 0.717) is 18.8 Å². The highest BCUT2D eigenvalue weighted by Gasteiger charge is 2.35. The fourth-order valence-corrected chi connectivity index (χ4v) is 4.20. The molecule has 0 atom stereocenters. The van der Waals surface area contributed by atoms with Gasteiger partial charge in [0.2, 0.25) is 0 Å². The Labute approximate surface area is 181 Å². The molecule has 2 heterocycles. The van der Waals surface area contributed by atoms with Gasteiger partial charge in [0.25, 0.3) is 5.91 Å². The molecule has 0 bridgehead atoms. The summed E-state index contributed by atoms with van der Waals surface area (Å²) in [5.41, 5.74) is 4.73. The molecule has 1 amide bonds. The Hall–Kier alpha value is -3.48. The summed E-state index contributed by atoms with van der Waals surface area (Å²) in [6.07, 6.45) is 3.84. The molecule has 4 aromatic rings. The molecule has 1 fully saturated rings.